The Bertz CT molecular complexity index is 1100. The third-order valence-electron chi connectivity index (χ3n) is 7.37. The molecule has 33 heavy (non-hydrogen) atoms. The molecule has 0 nitrogen and oxygen atoms in total. The summed E-state index contributed by atoms with van der Waals surface area (Å²) in [6, 6.07) is 18.6. The fourth-order valence-corrected chi connectivity index (χ4v) is 5.23. The molecule has 0 amide bonds. The van der Waals surface area contributed by atoms with Crippen LogP contribution in [-0.2, 0) is 6.42 Å². The summed E-state index contributed by atoms with van der Waals surface area (Å²) >= 11 is 0. The van der Waals surface area contributed by atoms with Crippen molar-refractivity contribution in [3.05, 3.63) is 82.7 Å². The minimum absolute atomic E-state index is 0.210. The first-order chi connectivity index (χ1) is 16.2. The van der Waals surface area contributed by atoms with Gasteiger partial charge in [0, 0.05) is 10.9 Å². The maximum atomic E-state index is 15.1. The van der Waals surface area contributed by atoms with E-state index in [1.54, 1.807) is 0 Å². The molecule has 0 unspecified atom stereocenters. The lowest BCUT2D eigenvalue weighted by molar-refractivity contribution is 0.304. The second kappa shape index (κ2) is 11.5. The molecule has 0 heterocycles. The Hall–Kier alpha value is -2.59. The number of benzene rings is 3. The van der Waals surface area contributed by atoms with Crippen molar-refractivity contribution in [2.75, 3.05) is 0 Å². The van der Waals surface area contributed by atoms with Crippen LogP contribution in [0.4, 0.5) is 4.39 Å². The molecule has 3 aromatic rings. The van der Waals surface area contributed by atoms with Gasteiger partial charge in [0.25, 0.3) is 0 Å². The maximum absolute atomic E-state index is 15.1. The van der Waals surface area contributed by atoms with E-state index in [-0.39, 0.29) is 5.82 Å². The highest BCUT2D eigenvalue weighted by Gasteiger charge is 2.21. The number of fused-ring (bicyclic) bond motifs is 1. The number of halogens is 1. The highest BCUT2D eigenvalue weighted by molar-refractivity contribution is 5.85. The molecular weight excluding hydrogens is 403 g/mol. The molecule has 0 saturated heterocycles. The highest BCUT2D eigenvalue weighted by atomic mass is 19.1. The van der Waals surface area contributed by atoms with E-state index in [2.05, 4.69) is 56.0 Å². The summed E-state index contributed by atoms with van der Waals surface area (Å²) in [4.78, 5) is 0. The molecule has 1 aliphatic rings. The van der Waals surface area contributed by atoms with Gasteiger partial charge in [-0.05, 0) is 85.1 Å². The average Bonchev–Trinajstić information content (AvgIpc) is 2.86. The number of hydrogen-bond acceptors (Lipinski definition) is 0. The zero-order valence-electron chi connectivity index (χ0n) is 20.3. The van der Waals surface area contributed by atoms with Crippen molar-refractivity contribution in [2.45, 2.75) is 84.0 Å². The molecule has 0 N–H and O–H groups in total. The topological polar surface area (TPSA) is 0 Å². The molecule has 1 fully saturated rings. The van der Waals surface area contributed by atoms with Crippen LogP contribution in [0.5, 0.6) is 0 Å². The van der Waals surface area contributed by atoms with Crippen LogP contribution in [0.1, 0.15) is 99.8 Å². The minimum atomic E-state index is -0.210. The zero-order chi connectivity index (χ0) is 23.0. The van der Waals surface area contributed by atoms with Crippen molar-refractivity contribution < 1.29 is 4.39 Å². The van der Waals surface area contributed by atoms with E-state index in [9.17, 15) is 0 Å². The zero-order valence-corrected chi connectivity index (χ0v) is 20.3. The van der Waals surface area contributed by atoms with Gasteiger partial charge in [-0.2, -0.15) is 0 Å². The molecule has 3 aromatic carbocycles. The Balaban J connectivity index is 1.42. The summed E-state index contributed by atoms with van der Waals surface area (Å²) in [6.07, 6.45) is 12.8. The molecule has 1 saturated carbocycles. The highest BCUT2D eigenvalue weighted by Crippen LogP contribution is 2.37. The van der Waals surface area contributed by atoms with Gasteiger partial charge < -0.3 is 0 Å². The Morgan fingerprint density at radius 3 is 2.30 bits per heavy atom. The molecule has 172 valence electrons. The Morgan fingerprint density at radius 2 is 1.58 bits per heavy atom. The van der Waals surface area contributed by atoms with E-state index in [0.29, 0.717) is 16.9 Å². The smallest absolute Gasteiger partial charge is 0.146 e. The van der Waals surface area contributed by atoms with Gasteiger partial charge >= 0.3 is 0 Å². The summed E-state index contributed by atoms with van der Waals surface area (Å²) in [7, 11) is 0. The second-order valence-corrected chi connectivity index (χ2v) is 9.82. The summed E-state index contributed by atoms with van der Waals surface area (Å²) in [6.45, 7) is 4.48. The van der Waals surface area contributed by atoms with Gasteiger partial charge in [-0.15, -0.1) is 0 Å². The van der Waals surface area contributed by atoms with Gasteiger partial charge in [0.1, 0.15) is 5.82 Å². The first-order valence-electron chi connectivity index (χ1n) is 13.0. The van der Waals surface area contributed by atoms with Crippen molar-refractivity contribution in [2.24, 2.45) is 5.92 Å². The maximum Gasteiger partial charge on any atom is 0.146 e. The lowest BCUT2D eigenvalue weighted by Gasteiger charge is -2.28. The van der Waals surface area contributed by atoms with E-state index in [4.69, 9.17) is 0 Å². The first-order valence-corrected chi connectivity index (χ1v) is 13.0. The van der Waals surface area contributed by atoms with Crippen LogP contribution < -0.4 is 0 Å². The first kappa shape index (κ1) is 23.6. The molecule has 4 rings (SSSR count). The van der Waals surface area contributed by atoms with Crippen LogP contribution in [0.15, 0.2) is 54.6 Å². The standard InChI is InChI=1S/C32H37F/c1-3-5-7-24-9-15-27(16-10-24)28-17-11-25(12-18-28)13-19-29-20-21-30-23-26(8-6-4-2)14-22-31(30)32(29)33/h11-12,14,17-18,20-24,27H,3-10,15-16H2,1-2H3. The predicted octanol–water partition coefficient (Wildman–Crippen LogP) is 9.19. The number of hydrogen-bond donors (Lipinski definition) is 0. The quantitative estimate of drug-likeness (QED) is 0.321. The number of rotatable bonds is 7. The lowest BCUT2D eigenvalue weighted by Crippen LogP contribution is -2.13. The second-order valence-electron chi connectivity index (χ2n) is 9.82. The van der Waals surface area contributed by atoms with Crippen molar-refractivity contribution in [1.82, 2.24) is 0 Å². The molecule has 1 aliphatic carbocycles. The Kier molecular flexibility index (Phi) is 8.22. The molecule has 0 spiro atoms. The molecule has 0 atom stereocenters. The summed E-state index contributed by atoms with van der Waals surface area (Å²) in [5, 5.41) is 1.62. The monoisotopic (exact) mass is 440 g/mol. The van der Waals surface area contributed by atoms with Gasteiger partial charge in [0.05, 0.1) is 5.56 Å². The van der Waals surface area contributed by atoms with Crippen molar-refractivity contribution >= 4 is 10.8 Å². The molecule has 1 heteroatoms. The van der Waals surface area contributed by atoms with Gasteiger partial charge in [0.2, 0.25) is 0 Å². The van der Waals surface area contributed by atoms with Gasteiger partial charge in [-0.1, -0.05) is 87.8 Å². The lowest BCUT2D eigenvalue weighted by atomic mass is 9.77. The summed E-state index contributed by atoms with van der Waals surface area (Å²) < 4.78 is 15.1. The largest absolute Gasteiger partial charge is 0.205 e. The van der Waals surface area contributed by atoms with Gasteiger partial charge in [0.15, 0.2) is 0 Å². The fraction of sp³-hybridized carbons (Fsp3) is 0.438. The average molecular weight is 441 g/mol. The van der Waals surface area contributed by atoms with Gasteiger partial charge in [-0.3, -0.25) is 0 Å². The summed E-state index contributed by atoms with van der Waals surface area (Å²) in [5.41, 5.74) is 4.13. The van der Waals surface area contributed by atoms with E-state index >= 15 is 4.39 Å². The molecule has 0 aliphatic heterocycles. The van der Waals surface area contributed by atoms with Crippen molar-refractivity contribution in [3.8, 4) is 11.8 Å². The predicted molar refractivity (Wildman–Crippen MR) is 139 cm³/mol. The Labute approximate surface area is 199 Å². The molecule has 0 bridgehead atoms. The third-order valence-corrected chi connectivity index (χ3v) is 7.37. The number of aryl methyl sites for hydroxylation is 1. The Morgan fingerprint density at radius 1 is 0.818 bits per heavy atom. The fourth-order valence-electron chi connectivity index (χ4n) is 5.23. The van der Waals surface area contributed by atoms with Crippen molar-refractivity contribution in [1.29, 1.82) is 0 Å². The normalized spacial score (nSPS) is 18.2. The summed E-state index contributed by atoms with van der Waals surface area (Å²) in [5.74, 6) is 7.66. The van der Waals surface area contributed by atoms with Gasteiger partial charge in [-0.25, -0.2) is 4.39 Å². The molecular formula is C32H37F. The molecule has 0 aromatic heterocycles. The van der Waals surface area contributed by atoms with E-state index in [1.807, 2.05) is 24.3 Å². The van der Waals surface area contributed by atoms with Crippen LogP contribution in [0.2, 0.25) is 0 Å². The van der Waals surface area contributed by atoms with E-state index < -0.39 is 0 Å². The van der Waals surface area contributed by atoms with Crippen molar-refractivity contribution in [3.63, 3.8) is 0 Å². The number of unbranched alkanes of at least 4 members (excludes halogenated alkanes) is 2. The van der Waals surface area contributed by atoms with Crippen LogP contribution in [-0.4, -0.2) is 0 Å². The molecule has 0 radical (unpaired) electrons. The van der Waals surface area contributed by atoms with Crippen LogP contribution >= 0.6 is 0 Å². The van der Waals surface area contributed by atoms with Crippen LogP contribution in [0, 0.1) is 23.6 Å². The van der Waals surface area contributed by atoms with Crippen LogP contribution in [0.3, 0.4) is 0 Å². The van der Waals surface area contributed by atoms with Crippen LogP contribution in [0.25, 0.3) is 10.8 Å². The SMILES string of the molecule is CCCCc1ccc2c(F)c(C#Cc3ccc(C4CCC(CCCC)CC4)cc3)ccc2c1. The minimum Gasteiger partial charge on any atom is -0.205 e. The third kappa shape index (κ3) is 6.05. The van der Waals surface area contributed by atoms with E-state index in [1.165, 1.54) is 62.5 Å². The van der Waals surface area contributed by atoms with E-state index in [0.717, 1.165) is 29.7 Å².